The van der Waals surface area contributed by atoms with Crippen LogP contribution in [0.4, 0.5) is 9.80 Å². The second-order valence-electron chi connectivity index (χ2n) is 5.93. The fourth-order valence-corrected chi connectivity index (χ4v) is 4.11. The molecule has 7 heteroatoms. The number of fused-ring (bicyclic) bond motifs is 1. The summed E-state index contributed by atoms with van der Waals surface area (Å²) in [5.41, 5.74) is 1.13. The van der Waals surface area contributed by atoms with Crippen molar-refractivity contribution in [1.82, 2.24) is 10.3 Å². The van der Waals surface area contributed by atoms with Gasteiger partial charge in [0.05, 0.1) is 5.54 Å². The molecule has 0 saturated carbocycles. The molecule has 2 heterocycles. The van der Waals surface area contributed by atoms with Crippen LogP contribution in [0.5, 0.6) is 0 Å². The molecule has 2 aromatic rings. The van der Waals surface area contributed by atoms with Crippen molar-refractivity contribution >= 4 is 46.7 Å². The van der Waals surface area contributed by atoms with E-state index < -0.39 is 5.54 Å². The average Bonchev–Trinajstić information content (AvgIpc) is 2.74. The highest BCUT2D eigenvalue weighted by atomic mass is 32.1. The average molecular weight is 351 g/mol. The first-order valence-corrected chi connectivity index (χ1v) is 9.51. The zero-order chi connectivity index (χ0) is 17.2. The number of aromatic nitrogens is 1. The second kappa shape index (κ2) is 6.93. The molecule has 2 N–H and O–H groups in total. The molecule has 1 unspecified atom stereocenters. The number of urea groups is 1. The van der Waals surface area contributed by atoms with E-state index in [1.54, 1.807) is 13.8 Å². The summed E-state index contributed by atoms with van der Waals surface area (Å²) in [6, 6.07) is 3.61. The van der Waals surface area contributed by atoms with E-state index in [9.17, 15) is 9.59 Å². The molecular formula is C16H22N3O2PS. The van der Waals surface area contributed by atoms with E-state index in [4.69, 9.17) is 0 Å². The van der Waals surface area contributed by atoms with E-state index in [2.05, 4.69) is 15.6 Å². The molecule has 124 valence electrons. The number of carbonyl (C=O) groups is 2. The summed E-state index contributed by atoms with van der Waals surface area (Å²) in [5.74, 6) is 0. The standard InChI is InChI=1S/C16H22N3O2PS/c1-6-22-14(20)16(4,5)19-15(21)18-12-10(3)11-8-7-9(2)17-13(11)23-12/h7-8,22H,6H2,1-5H3,(H2,18,19,21). The predicted molar refractivity (Wildman–Crippen MR) is 99.2 cm³/mol. The first-order valence-electron chi connectivity index (χ1n) is 7.49. The summed E-state index contributed by atoms with van der Waals surface area (Å²) in [7, 11) is 0.207. The summed E-state index contributed by atoms with van der Waals surface area (Å²) < 4.78 is 0. The number of amides is 2. The number of carbonyl (C=O) groups excluding carboxylic acids is 2. The summed E-state index contributed by atoms with van der Waals surface area (Å²) in [6.45, 7) is 9.33. The molecule has 0 aliphatic carbocycles. The number of pyridine rings is 1. The Morgan fingerprint density at radius 2 is 2.00 bits per heavy atom. The molecule has 1 atom stereocenters. The van der Waals surface area contributed by atoms with Gasteiger partial charge >= 0.3 is 6.03 Å². The summed E-state index contributed by atoms with van der Waals surface area (Å²) >= 11 is 1.44. The minimum absolute atomic E-state index is 0.0560. The zero-order valence-corrected chi connectivity index (χ0v) is 15.9. The Kier molecular flexibility index (Phi) is 5.37. The van der Waals surface area contributed by atoms with E-state index in [0.29, 0.717) is 0 Å². The van der Waals surface area contributed by atoms with Crippen LogP contribution in [0, 0.1) is 13.8 Å². The van der Waals surface area contributed by atoms with E-state index >= 15 is 0 Å². The van der Waals surface area contributed by atoms with E-state index in [0.717, 1.165) is 32.6 Å². The van der Waals surface area contributed by atoms with E-state index in [1.165, 1.54) is 11.3 Å². The van der Waals surface area contributed by atoms with Crippen molar-refractivity contribution in [1.29, 1.82) is 0 Å². The topological polar surface area (TPSA) is 71.1 Å². The largest absolute Gasteiger partial charge is 0.326 e. The Morgan fingerprint density at radius 1 is 1.30 bits per heavy atom. The monoisotopic (exact) mass is 351 g/mol. The van der Waals surface area contributed by atoms with Crippen molar-refractivity contribution < 1.29 is 9.59 Å². The third kappa shape index (κ3) is 4.06. The van der Waals surface area contributed by atoms with Gasteiger partial charge in [-0.2, -0.15) is 0 Å². The highest BCUT2D eigenvalue weighted by Gasteiger charge is 2.28. The van der Waals surface area contributed by atoms with Gasteiger partial charge in [-0.3, -0.25) is 10.1 Å². The summed E-state index contributed by atoms with van der Waals surface area (Å²) in [5, 5.41) is 7.42. The first-order chi connectivity index (χ1) is 10.7. The van der Waals surface area contributed by atoms with Crippen molar-refractivity contribution in [3.8, 4) is 0 Å². The number of hydrogen-bond acceptors (Lipinski definition) is 4. The third-order valence-electron chi connectivity index (χ3n) is 3.50. The van der Waals surface area contributed by atoms with Crippen LogP contribution in [0.1, 0.15) is 32.0 Å². The van der Waals surface area contributed by atoms with Gasteiger partial charge in [0.1, 0.15) is 9.83 Å². The van der Waals surface area contributed by atoms with Crippen molar-refractivity contribution in [3.05, 3.63) is 23.4 Å². The molecule has 5 nitrogen and oxygen atoms in total. The van der Waals surface area contributed by atoms with Gasteiger partial charge in [0.25, 0.3) is 0 Å². The normalized spacial score (nSPS) is 12.0. The van der Waals surface area contributed by atoms with Crippen molar-refractivity contribution in [2.75, 3.05) is 11.5 Å². The minimum Gasteiger partial charge on any atom is -0.326 e. The molecule has 0 bridgehead atoms. The van der Waals surface area contributed by atoms with Crippen LogP contribution in [0.15, 0.2) is 12.1 Å². The number of hydrogen-bond donors (Lipinski definition) is 2. The Hall–Kier alpha value is -1.52. The lowest BCUT2D eigenvalue weighted by Crippen LogP contribution is -2.49. The molecule has 0 aliphatic rings. The van der Waals surface area contributed by atoms with Gasteiger partial charge in [-0.05, 0) is 60.1 Å². The number of nitrogens with one attached hydrogen (secondary N) is 2. The molecule has 0 aromatic carbocycles. The number of aryl methyl sites for hydroxylation is 2. The zero-order valence-electron chi connectivity index (χ0n) is 14.0. The number of thiophene rings is 1. The molecule has 23 heavy (non-hydrogen) atoms. The molecule has 0 fully saturated rings. The number of anilines is 1. The van der Waals surface area contributed by atoms with E-state index in [-0.39, 0.29) is 20.1 Å². The fourth-order valence-electron chi connectivity index (χ4n) is 2.17. The Labute approximate surface area is 142 Å². The van der Waals surface area contributed by atoms with Crippen LogP contribution in [0.25, 0.3) is 10.2 Å². The van der Waals surface area contributed by atoms with Gasteiger partial charge in [0.15, 0.2) is 5.52 Å². The lowest BCUT2D eigenvalue weighted by molar-refractivity contribution is -0.115. The molecule has 0 saturated heterocycles. The lowest BCUT2D eigenvalue weighted by Gasteiger charge is -2.24. The van der Waals surface area contributed by atoms with Gasteiger partial charge < -0.3 is 5.32 Å². The number of nitrogens with zero attached hydrogens (tertiary/aromatic N) is 1. The second-order valence-corrected chi connectivity index (χ2v) is 8.44. The van der Waals surface area contributed by atoms with Crippen molar-refractivity contribution in [2.45, 2.75) is 40.2 Å². The van der Waals surface area contributed by atoms with Crippen LogP contribution < -0.4 is 10.6 Å². The van der Waals surface area contributed by atoms with Gasteiger partial charge in [0, 0.05) is 11.1 Å². The molecule has 2 aromatic heterocycles. The summed E-state index contributed by atoms with van der Waals surface area (Å²) in [4.78, 5) is 29.7. The van der Waals surface area contributed by atoms with Gasteiger partial charge in [-0.25, -0.2) is 9.78 Å². The van der Waals surface area contributed by atoms with Crippen molar-refractivity contribution in [2.24, 2.45) is 0 Å². The van der Waals surface area contributed by atoms with Gasteiger partial charge in [-0.15, -0.1) is 0 Å². The highest BCUT2D eigenvalue weighted by molar-refractivity contribution is 7.58. The smallest absolute Gasteiger partial charge is 0.320 e. The van der Waals surface area contributed by atoms with E-state index in [1.807, 2.05) is 32.9 Å². The predicted octanol–water partition coefficient (Wildman–Crippen LogP) is 4.04. The molecular weight excluding hydrogens is 329 g/mol. The SMILES string of the molecule is CCPC(=O)C(C)(C)NC(=O)Nc1sc2nc(C)ccc2c1C. The highest BCUT2D eigenvalue weighted by Crippen LogP contribution is 2.34. The molecule has 2 amide bonds. The minimum atomic E-state index is -0.863. The maximum atomic E-state index is 12.2. The molecule has 0 spiro atoms. The first kappa shape index (κ1) is 17.8. The van der Waals surface area contributed by atoms with Crippen LogP contribution >= 0.6 is 19.9 Å². The van der Waals surface area contributed by atoms with Gasteiger partial charge in [-0.1, -0.05) is 18.3 Å². The third-order valence-corrected chi connectivity index (χ3v) is 5.92. The Bertz CT molecular complexity index is 755. The summed E-state index contributed by atoms with van der Waals surface area (Å²) in [6.07, 6.45) is 0.798. The quantitative estimate of drug-likeness (QED) is 0.799. The maximum absolute atomic E-state index is 12.2. The molecule has 2 rings (SSSR count). The van der Waals surface area contributed by atoms with Crippen molar-refractivity contribution in [3.63, 3.8) is 0 Å². The van der Waals surface area contributed by atoms with Crippen LogP contribution in [-0.2, 0) is 4.79 Å². The van der Waals surface area contributed by atoms with Crippen LogP contribution in [0.3, 0.4) is 0 Å². The lowest BCUT2D eigenvalue weighted by atomic mass is 10.1. The fraction of sp³-hybridized carbons (Fsp3) is 0.438. The Balaban J connectivity index is 2.14. The maximum Gasteiger partial charge on any atom is 0.320 e. The molecule has 0 radical (unpaired) electrons. The Morgan fingerprint density at radius 3 is 2.65 bits per heavy atom. The van der Waals surface area contributed by atoms with Gasteiger partial charge in [0.2, 0.25) is 0 Å². The molecule has 0 aliphatic heterocycles. The van der Waals surface area contributed by atoms with Crippen LogP contribution in [0.2, 0.25) is 0 Å². The number of rotatable bonds is 5. The van der Waals surface area contributed by atoms with Crippen LogP contribution in [-0.4, -0.2) is 28.2 Å².